The summed E-state index contributed by atoms with van der Waals surface area (Å²) in [5, 5.41) is 10.8. The van der Waals surface area contributed by atoms with Gasteiger partial charge in [-0.3, -0.25) is 0 Å². The molecule has 0 atom stereocenters. The number of anilines is 2. The van der Waals surface area contributed by atoms with Crippen LogP contribution in [0, 0.1) is 5.41 Å². The van der Waals surface area contributed by atoms with Crippen LogP contribution in [0.3, 0.4) is 0 Å². The minimum atomic E-state index is 0.651. The lowest BCUT2D eigenvalue weighted by Crippen LogP contribution is -2.44. The molecule has 86 valence electrons. The molecule has 0 saturated carbocycles. The van der Waals surface area contributed by atoms with Gasteiger partial charge in [-0.15, -0.1) is 0 Å². The van der Waals surface area contributed by atoms with Crippen LogP contribution in [0.15, 0.2) is 16.6 Å². The van der Waals surface area contributed by atoms with Crippen molar-refractivity contribution in [3.63, 3.8) is 0 Å². The third-order valence-electron chi connectivity index (χ3n) is 2.76. The lowest BCUT2D eigenvalue weighted by Gasteiger charge is -2.31. The summed E-state index contributed by atoms with van der Waals surface area (Å²) in [6.07, 6.45) is 1.33. The van der Waals surface area contributed by atoms with Gasteiger partial charge in [-0.2, -0.15) is 0 Å². The smallest absolute Gasteiger partial charge is 0.0488 e. The number of piperazine rings is 1. The van der Waals surface area contributed by atoms with Gasteiger partial charge >= 0.3 is 0 Å². The third kappa shape index (κ3) is 2.20. The summed E-state index contributed by atoms with van der Waals surface area (Å²) < 4.78 is 0.962. The number of hydrogen-bond acceptors (Lipinski definition) is 4. The van der Waals surface area contributed by atoms with Crippen LogP contribution in [-0.2, 0) is 0 Å². The second-order valence-electron chi connectivity index (χ2n) is 3.81. The molecule has 0 radical (unpaired) electrons. The van der Waals surface area contributed by atoms with Crippen LogP contribution in [0.5, 0.6) is 0 Å². The normalized spacial score (nSPS) is 16.2. The maximum Gasteiger partial charge on any atom is 0.0488 e. The van der Waals surface area contributed by atoms with E-state index in [9.17, 15) is 0 Å². The van der Waals surface area contributed by atoms with Gasteiger partial charge in [-0.1, -0.05) is 15.9 Å². The van der Waals surface area contributed by atoms with E-state index in [1.54, 1.807) is 0 Å². The lowest BCUT2D eigenvalue weighted by atomic mass is 10.1. The lowest BCUT2D eigenvalue weighted by molar-refractivity contribution is 0.589. The van der Waals surface area contributed by atoms with Gasteiger partial charge in [0.2, 0.25) is 0 Å². The first-order valence-electron chi connectivity index (χ1n) is 5.27. The molecule has 4 N–H and O–H groups in total. The van der Waals surface area contributed by atoms with Crippen molar-refractivity contribution < 1.29 is 0 Å². The molecule has 0 spiro atoms. The second-order valence-corrected chi connectivity index (χ2v) is 4.72. The van der Waals surface area contributed by atoms with Crippen LogP contribution in [0.4, 0.5) is 11.4 Å². The SMILES string of the molecule is N=Cc1c(N)cc(Br)cc1N1CCNCC1. The Morgan fingerprint density at radius 3 is 2.69 bits per heavy atom. The molecule has 1 heterocycles. The molecular formula is C11H15BrN4. The van der Waals surface area contributed by atoms with Crippen LogP contribution >= 0.6 is 15.9 Å². The van der Waals surface area contributed by atoms with E-state index in [1.165, 1.54) is 6.21 Å². The minimum absolute atomic E-state index is 0.651. The monoisotopic (exact) mass is 282 g/mol. The molecule has 0 aromatic heterocycles. The average Bonchev–Trinajstić information content (AvgIpc) is 2.29. The first-order chi connectivity index (χ1) is 7.72. The van der Waals surface area contributed by atoms with E-state index in [4.69, 9.17) is 11.1 Å². The van der Waals surface area contributed by atoms with Crippen molar-refractivity contribution in [3.05, 3.63) is 22.2 Å². The molecular weight excluding hydrogens is 268 g/mol. The van der Waals surface area contributed by atoms with E-state index in [1.807, 2.05) is 12.1 Å². The fourth-order valence-electron chi connectivity index (χ4n) is 1.95. The Labute approximate surface area is 103 Å². The summed E-state index contributed by atoms with van der Waals surface area (Å²) in [4.78, 5) is 2.26. The van der Waals surface area contributed by atoms with Gasteiger partial charge in [0.25, 0.3) is 0 Å². The summed E-state index contributed by atoms with van der Waals surface area (Å²) in [6.45, 7) is 3.86. The summed E-state index contributed by atoms with van der Waals surface area (Å²) in [7, 11) is 0. The zero-order chi connectivity index (χ0) is 11.5. The van der Waals surface area contributed by atoms with Gasteiger partial charge in [0.1, 0.15) is 0 Å². The van der Waals surface area contributed by atoms with E-state index in [0.717, 1.165) is 41.9 Å². The molecule has 0 unspecified atom stereocenters. The van der Waals surface area contributed by atoms with Gasteiger partial charge in [0, 0.05) is 53.8 Å². The number of benzene rings is 1. The van der Waals surface area contributed by atoms with Crippen molar-refractivity contribution in [2.24, 2.45) is 0 Å². The van der Waals surface area contributed by atoms with Crippen molar-refractivity contribution in [3.8, 4) is 0 Å². The number of nitrogen functional groups attached to an aromatic ring is 1. The molecule has 1 fully saturated rings. The van der Waals surface area contributed by atoms with Crippen LogP contribution in [0.25, 0.3) is 0 Å². The van der Waals surface area contributed by atoms with E-state index >= 15 is 0 Å². The second kappa shape index (κ2) is 4.84. The van der Waals surface area contributed by atoms with Crippen LogP contribution < -0.4 is 16.0 Å². The van der Waals surface area contributed by atoms with Gasteiger partial charge in [-0.05, 0) is 12.1 Å². The first kappa shape index (κ1) is 11.4. The first-order valence-corrected chi connectivity index (χ1v) is 6.07. The number of halogens is 1. The maximum absolute atomic E-state index is 7.45. The fraction of sp³-hybridized carbons (Fsp3) is 0.364. The molecule has 1 saturated heterocycles. The summed E-state index contributed by atoms with van der Waals surface area (Å²) in [5.74, 6) is 0. The largest absolute Gasteiger partial charge is 0.398 e. The van der Waals surface area contributed by atoms with Crippen molar-refractivity contribution in [1.82, 2.24) is 5.32 Å². The van der Waals surface area contributed by atoms with E-state index in [0.29, 0.717) is 5.69 Å². The third-order valence-corrected chi connectivity index (χ3v) is 3.21. The Morgan fingerprint density at radius 1 is 1.38 bits per heavy atom. The highest BCUT2D eigenvalue weighted by Crippen LogP contribution is 2.29. The standard InChI is InChI=1S/C11H15BrN4/c12-8-5-10(14)9(7-13)11(6-8)16-3-1-15-2-4-16/h5-7,13,15H,1-4,14H2. The Morgan fingerprint density at radius 2 is 2.06 bits per heavy atom. The van der Waals surface area contributed by atoms with Gasteiger partial charge in [0.05, 0.1) is 0 Å². The van der Waals surface area contributed by atoms with Gasteiger partial charge in [-0.25, -0.2) is 0 Å². The highest BCUT2D eigenvalue weighted by molar-refractivity contribution is 9.10. The molecule has 1 aromatic rings. The van der Waals surface area contributed by atoms with Crippen molar-refractivity contribution in [2.75, 3.05) is 36.8 Å². The molecule has 16 heavy (non-hydrogen) atoms. The number of nitrogens with two attached hydrogens (primary N) is 1. The van der Waals surface area contributed by atoms with E-state index in [-0.39, 0.29) is 0 Å². The van der Waals surface area contributed by atoms with Crippen LogP contribution in [-0.4, -0.2) is 32.4 Å². The van der Waals surface area contributed by atoms with Crippen LogP contribution in [0.1, 0.15) is 5.56 Å². The summed E-state index contributed by atoms with van der Waals surface area (Å²) in [5.41, 5.74) is 8.42. The van der Waals surface area contributed by atoms with Crippen molar-refractivity contribution >= 4 is 33.5 Å². The molecule has 0 bridgehead atoms. The Bertz CT molecular complexity index is 399. The molecule has 0 aliphatic carbocycles. The molecule has 1 aliphatic heterocycles. The predicted octanol–water partition coefficient (Wildman–Crippen LogP) is 1.44. The fourth-order valence-corrected chi connectivity index (χ4v) is 2.41. The van der Waals surface area contributed by atoms with E-state index in [2.05, 4.69) is 26.1 Å². The highest BCUT2D eigenvalue weighted by atomic mass is 79.9. The quantitative estimate of drug-likeness (QED) is 0.568. The molecule has 1 aliphatic rings. The topological polar surface area (TPSA) is 65.1 Å². The highest BCUT2D eigenvalue weighted by Gasteiger charge is 2.15. The molecule has 1 aromatic carbocycles. The van der Waals surface area contributed by atoms with Crippen molar-refractivity contribution in [2.45, 2.75) is 0 Å². The van der Waals surface area contributed by atoms with Crippen LogP contribution in [0.2, 0.25) is 0 Å². The summed E-state index contributed by atoms with van der Waals surface area (Å²) >= 11 is 3.45. The maximum atomic E-state index is 7.45. The molecule has 0 amide bonds. The Balaban J connectivity index is 2.40. The van der Waals surface area contributed by atoms with Gasteiger partial charge in [0.15, 0.2) is 0 Å². The average molecular weight is 283 g/mol. The number of hydrogen-bond donors (Lipinski definition) is 3. The molecule has 2 rings (SSSR count). The van der Waals surface area contributed by atoms with E-state index < -0.39 is 0 Å². The Kier molecular flexibility index (Phi) is 3.46. The number of nitrogens with one attached hydrogen (secondary N) is 2. The van der Waals surface area contributed by atoms with Crippen molar-refractivity contribution in [1.29, 1.82) is 5.41 Å². The molecule has 4 nitrogen and oxygen atoms in total. The predicted molar refractivity (Wildman–Crippen MR) is 71.5 cm³/mol. The molecule has 5 heteroatoms. The Hall–Kier alpha value is -1.07. The number of nitrogens with zero attached hydrogens (tertiary/aromatic N) is 1. The number of rotatable bonds is 2. The zero-order valence-corrected chi connectivity index (χ0v) is 10.5. The minimum Gasteiger partial charge on any atom is -0.398 e. The van der Waals surface area contributed by atoms with Gasteiger partial charge < -0.3 is 21.4 Å². The zero-order valence-electron chi connectivity index (χ0n) is 8.96. The summed E-state index contributed by atoms with van der Waals surface area (Å²) in [6, 6.07) is 3.87.